The maximum absolute atomic E-state index is 5.82. The Labute approximate surface area is 171 Å². The topological polar surface area (TPSA) is 24.5 Å². The summed E-state index contributed by atoms with van der Waals surface area (Å²) in [5.41, 5.74) is 2.49. The molecule has 0 atom stereocenters. The Morgan fingerprint density at radius 2 is 1.50 bits per heavy atom. The third kappa shape index (κ3) is 9.44. The highest BCUT2D eigenvalue weighted by atomic mass is 35.5. The summed E-state index contributed by atoms with van der Waals surface area (Å²) in [6.07, 6.45) is 1.19. The molecule has 0 bridgehead atoms. The van der Waals surface area contributed by atoms with Gasteiger partial charge in [0.1, 0.15) is 12.4 Å². The van der Waals surface area contributed by atoms with Crippen LogP contribution >= 0.6 is 24.8 Å². The van der Waals surface area contributed by atoms with Gasteiger partial charge in [0.2, 0.25) is 0 Å². The molecule has 0 saturated carbocycles. The van der Waals surface area contributed by atoms with Crippen LogP contribution in [0.15, 0.2) is 54.6 Å². The van der Waals surface area contributed by atoms with Crippen LogP contribution in [0, 0.1) is 0 Å². The van der Waals surface area contributed by atoms with E-state index in [9.17, 15) is 0 Å². The lowest BCUT2D eigenvalue weighted by Crippen LogP contribution is -2.27. The van der Waals surface area contributed by atoms with Gasteiger partial charge in [-0.15, -0.1) is 24.8 Å². The van der Waals surface area contributed by atoms with E-state index in [0.717, 1.165) is 31.9 Å². The van der Waals surface area contributed by atoms with Crippen molar-refractivity contribution in [3.05, 3.63) is 65.7 Å². The molecule has 0 heterocycles. The van der Waals surface area contributed by atoms with Crippen molar-refractivity contribution in [1.29, 1.82) is 0 Å². The Bertz CT molecular complexity index is 560. The molecule has 2 rings (SSSR count). The second-order valence-electron chi connectivity index (χ2n) is 5.98. The van der Waals surface area contributed by atoms with Crippen molar-refractivity contribution in [3.8, 4) is 5.75 Å². The number of ether oxygens (including phenoxy) is 1. The van der Waals surface area contributed by atoms with Crippen LogP contribution in [0.2, 0.25) is 0 Å². The second kappa shape index (κ2) is 14.9. The zero-order chi connectivity index (χ0) is 17.0. The Balaban J connectivity index is 0.00000312. The first-order valence-corrected chi connectivity index (χ1v) is 9.00. The van der Waals surface area contributed by atoms with E-state index in [0.29, 0.717) is 6.61 Å². The van der Waals surface area contributed by atoms with Crippen molar-refractivity contribution in [1.82, 2.24) is 10.2 Å². The number of nitrogens with one attached hydrogen (secondary N) is 1. The molecule has 0 aromatic heterocycles. The minimum Gasteiger partial charge on any atom is -0.489 e. The minimum atomic E-state index is 0. The van der Waals surface area contributed by atoms with Gasteiger partial charge >= 0.3 is 0 Å². The van der Waals surface area contributed by atoms with E-state index >= 15 is 0 Å². The van der Waals surface area contributed by atoms with Crippen molar-refractivity contribution in [2.75, 3.05) is 26.2 Å². The lowest BCUT2D eigenvalue weighted by Gasteiger charge is -2.17. The van der Waals surface area contributed by atoms with Crippen molar-refractivity contribution in [3.63, 3.8) is 0 Å². The summed E-state index contributed by atoms with van der Waals surface area (Å²) >= 11 is 0. The van der Waals surface area contributed by atoms with Gasteiger partial charge in [0.15, 0.2) is 0 Å². The molecule has 26 heavy (non-hydrogen) atoms. The normalized spacial score (nSPS) is 10.1. The van der Waals surface area contributed by atoms with Crippen LogP contribution in [0.25, 0.3) is 0 Å². The zero-order valence-corrected chi connectivity index (χ0v) is 17.5. The van der Waals surface area contributed by atoms with Crippen LogP contribution in [0.1, 0.15) is 31.4 Å². The average molecular weight is 399 g/mol. The van der Waals surface area contributed by atoms with E-state index in [4.69, 9.17) is 4.74 Å². The van der Waals surface area contributed by atoms with Crippen molar-refractivity contribution in [2.24, 2.45) is 0 Å². The van der Waals surface area contributed by atoms with Gasteiger partial charge in [0.25, 0.3) is 0 Å². The highest BCUT2D eigenvalue weighted by Crippen LogP contribution is 2.14. The van der Waals surface area contributed by atoms with Gasteiger partial charge in [0, 0.05) is 6.54 Å². The largest absolute Gasteiger partial charge is 0.489 e. The molecule has 3 nitrogen and oxygen atoms in total. The van der Waals surface area contributed by atoms with Crippen LogP contribution in [0.5, 0.6) is 5.75 Å². The highest BCUT2D eigenvalue weighted by molar-refractivity contribution is 5.85. The standard InChI is InChI=1S/C21H30N2O.2ClH/c1-3-23(4-2)16-8-15-22-17-19-11-13-21(14-12-19)24-18-20-9-6-5-7-10-20;;/h5-7,9-14,22H,3-4,8,15-18H2,1-2H3;2*1H. The molecule has 0 fully saturated rings. The molecule has 0 spiro atoms. The van der Waals surface area contributed by atoms with Crippen molar-refractivity contribution < 1.29 is 4.74 Å². The third-order valence-electron chi connectivity index (χ3n) is 4.22. The Hall–Kier alpha value is -1.26. The van der Waals surface area contributed by atoms with Gasteiger partial charge < -0.3 is 15.0 Å². The first-order valence-electron chi connectivity index (χ1n) is 9.00. The molecule has 1 N–H and O–H groups in total. The quantitative estimate of drug-likeness (QED) is 0.542. The number of nitrogens with zero attached hydrogens (tertiary/aromatic N) is 1. The van der Waals surface area contributed by atoms with Crippen LogP contribution < -0.4 is 10.1 Å². The lowest BCUT2D eigenvalue weighted by atomic mass is 10.2. The van der Waals surface area contributed by atoms with Gasteiger partial charge in [-0.2, -0.15) is 0 Å². The number of rotatable bonds is 11. The summed E-state index contributed by atoms with van der Waals surface area (Å²) in [7, 11) is 0. The molecule has 2 aromatic carbocycles. The molecule has 0 aliphatic carbocycles. The summed E-state index contributed by atoms with van der Waals surface area (Å²) in [5.74, 6) is 0.920. The maximum Gasteiger partial charge on any atom is 0.119 e. The Morgan fingerprint density at radius 3 is 2.12 bits per heavy atom. The number of benzene rings is 2. The summed E-state index contributed by atoms with van der Waals surface area (Å²) in [6, 6.07) is 18.6. The van der Waals surface area contributed by atoms with Gasteiger partial charge in [-0.05, 0) is 55.9 Å². The molecule has 0 aliphatic heterocycles. The van der Waals surface area contributed by atoms with E-state index in [1.807, 2.05) is 18.2 Å². The molecule has 0 saturated heterocycles. The van der Waals surface area contributed by atoms with E-state index in [1.54, 1.807) is 0 Å². The molecule has 0 aliphatic rings. The third-order valence-corrected chi connectivity index (χ3v) is 4.22. The van der Waals surface area contributed by atoms with Crippen LogP contribution in [-0.2, 0) is 13.2 Å². The van der Waals surface area contributed by atoms with E-state index in [2.05, 4.69) is 60.5 Å². The molecular formula is C21H32Cl2N2O. The van der Waals surface area contributed by atoms with Crippen LogP contribution in [-0.4, -0.2) is 31.1 Å². The Morgan fingerprint density at radius 1 is 0.846 bits per heavy atom. The van der Waals surface area contributed by atoms with Gasteiger partial charge in [0.05, 0.1) is 0 Å². The SMILES string of the molecule is CCN(CC)CCCNCc1ccc(OCc2ccccc2)cc1.Cl.Cl. The summed E-state index contributed by atoms with van der Waals surface area (Å²) in [4.78, 5) is 2.46. The van der Waals surface area contributed by atoms with E-state index in [-0.39, 0.29) is 24.8 Å². The predicted molar refractivity (Wildman–Crippen MR) is 116 cm³/mol. The van der Waals surface area contributed by atoms with Crippen LogP contribution in [0.4, 0.5) is 0 Å². The molecule has 2 aromatic rings. The van der Waals surface area contributed by atoms with E-state index in [1.165, 1.54) is 24.1 Å². The Kier molecular flexibility index (Phi) is 14.1. The highest BCUT2D eigenvalue weighted by Gasteiger charge is 1.99. The number of hydrogen-bond acceptors (Lipinski definition) is 3. The molecule has 146 valence electrons. The zero-order valence-electron chi connectivity index (χ0n) is 15.8. The lowest BCUT2D eigenvalue weighted by molar-refractivity contribution is 0.298. The fourth-order valence-electron chi connectivity index (χ4n) is 2.64. The fourth-order valence-corrected chi connectivity index (χ4v) is 2.64. The first-order chi connectivity index (χ1) is 11.8. The second-order valence-corrected chi connectivity index (χ2v) is 5.98. The summed E-state index contributed by atoms with van der Waals surface area (Å²) in [6.45, 7) is 10.5. The monoisotopic (exact) mass is 398 g/mol. The molecular weight excluding hydrogens is 367 g/mol. The molecule has 0 radical (unpaired) electrons. The van der Waals surface area contributed by atoms with Crippen molar-refractivity contribution >= 4 is 24.8 Å². The van der Waals surface area contributed by atoms with E-state index < -0.39 is 0 Å². The molecule has 5 heteroatoms. The average Bonchev–Trinajstić information content (AvgIpc) is 2.65. The molecule has 0 unspecified atom stereocenters. The van der Waals surface area contributed by atoms with Gasteiger partial charge in [-0.1, -0.05) is 56.3 Å². The number of halogens is 2. The first kappa shape index (κ1) is 24.7. The van der Waals surface area contributed by atoms with Gasteiger partial charge in [-0.25, -0.2) is 0 Å². The smallest absolute Gasteiger partial charge is 0.119 e. The van der Waals surface area contributed by atoms with Crippen LogP contribution in [0.3, 0.4) is 0 Å². The minimum absolute atomic E-state index is 0. The fraction of sp³-hybridized carbons (Fsp3) is 0.429. The summed E-state index contributed by atoms with van der Waals surface area (Å²) < 4.78 is 5.82. The molecule has 0 amide bonds. The number of hydrogen-bond donors (Lipinski definition) is 1. The van der Waals surface area contributed by atoms with Gasteiger partial charge in [-0.3, -0.25) is 0 Å². The maximum atomic E-state index is 5.82. The predicted octanol–water partition coefficient (Wildman–Crippen LogP) is 4.93. The van der Waals surface area contributed by atoms with Crippen molar-refractivity contribution in [2.45, 2.75) is 33.4 Å². The summed E-state index contributed by atoms with van der Waals surface area (Å²) in [5, 5.41) is 3.52.